The van der Waals surface area contributed by atoms with E-state index in [2.05, 4.69) is 25.1 Å². The number of nitrogens with two attached hydrogens (primary N) is 1. The van der Waals surface area contributed by atoms with Crippen molar-refractivity contribution in [2.75, 3.05) is 6.54 Å². The summed E-state index contributed by atoms with van der Waals surface area (Å²) in [6, 6.07) is 0. The van der Waals surface area contributed by atoms with E-state index in [0.717, 1.165) is 19.5 Å². The average molecular weight is 167 g/mol. The molecule has 1 aromatic heterocycles. The van der Waals surface area contributed by atoms with Crippen LogP contribution in [0, 0.1) is 5.92 Å². The minimum Gasteiger partial charge on any atom is -0.330 e. The van der Waals surface area contributed by atoms with E-state index in [1.807, 2.05) is 10.9 Å². The molecule has 0 radical (unpaired) electrons. The maximum absolute atomic E-state index is 5.53. The van der Waals surface area contributed by atoms with Crippen molar-refractivity contribution in [3.8, 4) is 0 Å². The van der Waals surface area contributed by atoms with Gasteiger partial charge in [0.05, 0.1) is 6.20 Å². The molecule has 12 heavy (non-hydrogen) atoms. The van der Waals surface area contributed by atoms with Crippen molar-refractivity contribution in [3.63, 3.8) is 0 Å². The lowest BCUT2D eigenvalue weighted by Crippen LogP contribution is -2.12. The van der Waals surface area contributed by atoms with Crippen LogP contribution in [0.4, 0.5) is 0 Å². The van der Waals surface area contributed by atoms with Crippen molar-refractivity contribution in [2.24, 2.45) is 11.7 Å². The highest BCUT2D eigenvalue weighted by Gasteiger charge is 2.02. The third-order valence-electron chi connectivity index (χ3n) is 2.00. The first kappa shape index (κ1) is 9.26. The van der Waals surface area contributed by atoms with Crippen molar-refractivity contribution < 1.29 is 0 Å². The molecule has 1 unspecified atom stereocenters. The van der Waals surface area contributed by atoms with Gasteiger partial charge in [-0.2, -0.15) is 5.10 Å². The van der Waals surface area contributed by atoms with Gasteiger partial charge in [-0.25, -0.2) is 0 Å². The summed E-state index contributed by atoms with van der Waals surface area (Å²) in [7, 11) is 0. The van der Waals surface area contributed by atoms with Gasteiger partial charge in [0.25, 0.3) is 0 Å². The van der Waals surface area contributed by atoms with Crippen molar-refractivity contribution in [3.05, 3.63) is 18.0 Å². The Balaban J connectivity index is 2.52. The Morgan fingerprint density at radius 1 is 1.67 bits per heavy atom. The zero-order chi connectivity index (χ0) is 8.97. The van der Waals surface area contributed by atoms with Crippen LogP contribution in [-0.4, -0.2) is 16.3 Å². The highest BCUT2D eigenvalue weighted by Crippen LogP contribution is 2.05. The normalized spacial score (nSPS) is 13.2. The zero-order valence-electron chi connectivity index (χ0n) is 7.83. The molecule has 1 heterocycles. The van der Waals surface area contributed by atoms with Gasteiger partial charge in [0, 0.05) is 12.7 Å². The predicted octanol–water partition coefficient (Wildman–Crippen LogP) is 1.04. The number of nitrogens with zero attached hydrogens (tertiary/aromatic N) is 2. The number of hydrogen-bond donors (Lipinski definition) is 1. The van der Waals surface area contributed by atoms with Crippen LogP contribution in [0.25, 0.3) is 0 Å². The van der Waals surface area contributed by atoms with Gasteiger partial charge in [-0.3, -0.25) is 4.68 Å². The van der Waals surface area contributed by atoms with Gasteiger partial charge in [-0.05, 0) is 31.4 Å². The molecule has 1 aromatic rings. The third kappa shape index (κ3) is 2.34. The van der Waals surface area contributed by atoms with E-state index in [-0.39, 0.29) is 0 Å². The van der Waals surface area contributed by atoms with E-state index >= 15 is 0 Å². The quantitative estimate of drug-likeness (QED) is 0.728. The number of hydrogen-bond acceptors (Lipinski definition) is 2. The summed E-state index contributed by atoms with van der Waals surface area (Å²) in [4.78, 5) is 0. The van der Waals surface area contributed by atoms with Gasteiger partial charge >= 0.3 is 0 Å². The molecule has 0 bridgehead atoms. The van der Waals surface area contributed by atoms with E-state index in [4.69, 9.17) is 5.73 Å². The second-order valence-corrected chi connectivity index (χ2v) is 3.25. The summed E-state index contributed by atoms with van der Waals surface area (Å²) >= 11 is 0. The molecule has 0 aliphatic rings. The molecule has 68 valence electrons. The van der Waals surface area contributed by atoms with Crippen LogP contribution in [-0.2, 0) is 13.0 Å². The monoisotopic (exact) mass is 167 g/mol. The lowest BCUT2D eigenvalue weighted by atomic mass is 10.0. The summed E-state index contributed by atoms with van der Waals surface area (Å²) in [6.07, 6.45) is 5.05. The van der Waals surface area contributed by atoms with Gasteiger partial charge in [-0.15, -0.1) is 0 Å². The molecule has 1 rings (SSSR count). The van der Waals surface area contributed by atoms with Crippen molar-refractivity contribution >= 4 is 0 Å². The Morgan fingerprint density at radius 2 is 2.42 bits per heavy atom. The number of rotatable bonds is 4. The van der Waals surface area contributed by atoms with Gasteiger partial charge in [-0.1, -0.05) is 6.92 Å². The first-order valence-corrected chi connectivity index (χ1v) is 4.47. The van der Waals surface area contributed by atoms with Gasteiger partial charge in [0.1, 0.15) is 0 Å². The Morgan fingerprint density at radius 3 is 2.92 bits per heavy atom. The second-order valence-electron chi connectivity index (χ2n) is 3.25. The Kier molecular flexibility index (Phi) is 3.29. The molecule has 0 aliphatic carbocycles. The Labute approximate surface area is 73.6 Å². The highest BCUT2D eigenvalue weighted by atomic mass is 15.3. The largest absolute Gasteiger partial charge is 0.330 e. The molecular weight excluding hydrogens is 150 g/mol. The molecule has 0 saturated carbocycles. The summed E-state index contributed by atoms with van der Waals surface area (Å²) in [5.74, 6) is 0.555. The van der Waals surface area contributed by atoms with E-state index in [1.54, 1.807) is 0 Å². The maximum atomic E-state index is 5.53. The first-order chi connectivity index (χ1) is 5.76. The minimum absolute atomic E-state index is 0.555. The van der Waals surface area contributed by atoms with Crippen molar-refractivity contribution in [2.45, 2.75) is 26.8 Å². The van der Waals surface area contributed by atoms with Gasteiger partial charge in [0.15, 0.2) is 0 Å². The lowest BCUT2D eigenvalue weighted by Gasteiger charge is -2.04. The third-order valence-corrected chi connectivity index (χ3v) is 2.00. The van der Waals surface area contributed by atoms with Crippen LogP contribution < -0.4 is 5.73 Å². The smallest absolute Gasteiger partial charge is 0.0521 e. The topological polar surface area (TPSA) is 43.8 Å². The molecule has 0 aromatic carbocycles. The molecule has 0 aliphatic heterocycles. The van der Waals surface area contributed by atoms with Crippen LogP contribution in [0.3, 0.4) is 0 Å². The van der Waals surface area contributed by atoms with Crippen LogP contribution in [0.5, 0.6) is 0 Å². The van der Waals surface area contributed by atoms with E-state index in [9.17, 15) is 0 Å². The Bertz CT molecular complexity index is 229. The fourth-order valence-corrected chi connectivity index (χ4v) is 1.17. The fraction of sp³-hybridized carbons (Fsp3) is 0.667. The summed E-state index contributed by atoms with van der Waals surface area (Å²) in [5, 5.41) is 4.20. The standard InChI is InChI=1S/C9H17N3/c1-3-12-7-9(6-11-12)4-8(2)5-10/h6-8H,3-5,10H2,1-2H3. The molecule has 0 amide bonds. The minimum atomic E-state index is 0.555. The number of aromatic nitrogens is 2. The molecule has 0 fully saturated rings. The van der Waals surface area contributed by atoms with E-state index in [1.165, 1.54) is 5.56 Å². The zero-order valence-corrected chi connectivity index (χ0v) is 7.83. The molecule has 3 nitrogen and oxygen atoms in total. The predicted molar refractivity (Wildman–Crippen MR) is 49.8 cm³/mol. The van der Waals surface area contributed by atoms with Crippen molar-refractivity contribution in [1.29, 1.82) is 0 Å². The molecular formula is C9H17N3. The van der Waals surface area contributed by atoms with Gasteiger partial charge in [0.2, 0.25) is 0 Å². The van der Waals surface area contributed by atoms with Crippen molar-refractivity contribution in [1.82, 2.24) is 9.78 Å². The molecule has 0 saturated heterocycles. The average Bonchev–Trinajstić information content (AvgIpc) is 2.52. The summed E-state index contributed by atoms with van der Waals surface area (Å²) in [6.45, 7) is 5.93. The van der Waals surface area contributed by atoms with E-state index in [0.29, 0.717) is 5.92 Å². The van der Waals surface area contributed by atoms with Crippen LogP contribution in [0.15, 0.2) is 12.4 Å². The highest BCUT2D eigenvalue weighted by molar-refractivity contribution is 5.04. The first-order valence-electron chi connectivity index (χ1n) is 4.47. The summed E-state index contributed by atoms with van der Waals surface area (Å²) in [5.41, 5.74) is 6.82. The van der Waals surface area contributed by atoms with Gasteiger partial charge < -0.3 is 5.73 Å². The van der Waals surface area contributed by atoms with Crippen LogP contribution in [0.2, 0.25) is 0 Å². The number of aryl methyl sites for hydroxylation is 1. The lowest BCUT2D eigenvalue weighted by molar-refractivity contribution is 0.591. The molecule has 2 N–H and O–H groups in total. The maximum Gasteiger partial charge on any atom is 0.0521 e. The fourth-order valence-electron chi connectivity index (χ4n) is 1.17. The second kappa shape index (κ2) is 4.26. The SMILES string of the molecule is CCn1cc(CC(C)CN)cn1. The molecule has 3 heteroatoms. The van der Waals surface area contributed by atoms with E-state index < -0.39 is 0 Å². The van der Waals surface area contributed by atoms with Crippen LogP contribution in [0.1, 0.15) is 19.4 Å². The molecule has 1 atom stereocenters. The molecule has 0 spiro atoms. The van der Waals surface area contributed by atoms with Crippen LogP contribution >= 0.6 is 0 Å². The Hall–Kier alpha value is -0.830. The summed E-state index contributed by atoms with van der Waals surface area (Å²) < 4.78 is 1.94.